The van der Waals surface area contributed by atoms with E-state index in [2.05, 4.69) is 20.3 Å². The van der Waals surface area contributed by atoms with Crippen molar-refractivity contribution in [1.29, 1.82) is 0 Å². The van der Waals surface area contributed by atoms with Crippen molar-refractivity contribution in [3.05, 3.63) is 95.8 Å². The highest BCUT2D eigenvalue weighted by Gasteiger charge is 2.20. The van der Waals surface area contributed by atoms with Crippen molar-refractivity contribution < 1.29 is 13.2 Å². The summed E-state index contributed by atoms with van der Waals surface area (Å²) in [5, 5.41) is 0. The molecule has 6 nitrogen and oxygen atoms in total. The van der Waals surface area contributed by atoms with Gasteiger partial charge in [-0.05, 0) is 55.2 Å². The van der Waals surface area contributed by atoms with Gasteiger partial charge in [0.25, 0.3) is 0 Å². The van der Waals surface area contributed by atoms with Crippen LogP contribution in [-0.4, -0.2) is 37.7 Å². The summed E-state index contributed by atoms with van der Waals surface area (Å²) in [5.41, 5.74) is 4.23. The summed E-state index contributed by atoms with van der Waals surface area (Å²) in [6.07, 6.45) is 1.35. The van der Waals surface area contributed by atoms with Gasteiger partial charge in [-0.2, -0.15) is 0 Å². The Morgan fingerprint density at radius 1 is 0.939 bits per heavy atom. The number of nitrogens with zero attached hydrogens (tertiary/aromatic N) is 2. The molecule has 172 valence electrons. The van der Waals surface area contributed by atoms with E-state index in [0.717, 1.165) is 41.0 Å². The molecule has 0 unspecified atom stereocenters. The van der Waals surface area contributed by atoms with Crippen LogP contribution >= 0.6 is 0 Å². The van der Waals surface area contributed by atoms with E-state index >= 15 is 0 Å². The molecule has 3 aromatic carbocycles. The fraction of sp³-hybridized carbons (Fsp3) is 0.269. The number of hydrogen-bond acceptors (Lipinski definition) is 4. The summed E-state index contributed by atoms with van der Waals surface area (Å²) in [6, 6.07) is 24.6. The van der Waals surface area contributed by atoms with Crippen LogP contribution < -0.4 is 4.72 Å². The van der Waals surface area contributed by atoms with Crippen molar-refractivity contribution in [3.8, 4) is 0 Å². The second-order valence-corrected chi connectivity index (χ2v) is 9.87. The molecule has 0 radical (unpaired) electrons. The van der Waals surface area contributed by atoms with Crippen LogP contribution in [0.1, 0.15) is 17.0 Å². The number of nitrogens with one attached hydrogen (secondary N) is 1. The molecule has 0 bridgehead atoms. The van der Waals surface area contributed by atoms with Gasteiger partial charge in [-0.1, -0.05) is 54.6 Å². The molecule has 4 rings (SSSR count). The highest BCUT2D eigenvalue weighted by atomic mass is 32.2. The van der Waals surface area contributed by atoms with Crippen LogP contribution in [0.4, 0.5) is 0 Å². The number of aromatic nitrogens is 2. The quantitative estimate of drug-likeness (QED) is 0.384. The second-order valence-electron chi connectivity index (χ2n) is 8.16. The maximum absolute atomic E-state index is 13.0. The molecular formula is C26H29N3O3S. The molecule has 1 aromatic heterocycles. The molecule has 0 aliphatic carbocycles. The first kappa shape index (κ1) is 23.2. The van der Waals surface area contributed by atoms with Gasteiger partial charge in [-0.15, -0.1) is 0 Å². The minimum atomic E-state index is -3.66. The zero-order chi connectivity index (χ0) is 23.3. The molecule has 0 saturated heterocycles. The van der Waals surface area contributed by atoms with E-state index in [1.807, 2.05) is 67.6 Å². The van der Waals surface area contributed by atoms with Gasteiger partial charge >= 0.3 is 0 Å². The maximum Gasteiger partial charge on any atom is 0.240 e. The van der Waals surface area contributed by atoms with Gasteiger partial charge in [0.15, 0.2) is 0 Å². The normalized spacial score (nSPS) is 12.8. The lowest BCUT2D eigenvalue weighted by Crippen LogP contribution is -2.39. The highest BCUT2D eigenvalue weighted by molar-refractivity contribution is 7.89. The fourth-order valence-electron chi connectivity index (χ4n) is 4.08. The summed E-state index contributed by atoms with van der Waals surface area (Å²) >= 11 is 0. The van der Waals surface area contributed by atoms with Crippen molar-refractivity contribution >= 4 is 21.1 Å². The van der Waals surface area contributed by atoms with Crippen LogP contribution in [0.2, 0.25) is 0 Å². The molecule has 1 atom stereocenters. The standard InChI is InChI=1S/C26H29N3O3S/c1-20-27-25-10-6-7-11-26(25)29(20)17-16-21-12-14-24(15-13-21)33(30,31)28-23(19-32-2)18-22-8-4-3-5-9-22/h3-15,23,28H,16-19H2,1-2H3/t23-/m0/s1. The lowest BCUT2D eigenvalue weighted by atomic mass is 10.1. The van der Waals surface area contributed by atoms with Crippen LogP contribution in [0, 0.1) is 6.92 Å². The fourth-order valence-corrected chi connectivity index (χ4v) is 5.30. The Bertz CT molecular complexity index is 1300. The second kappa shape index (κ2) is 10.3. The van der Waals surface area contributed by atoms with Crippen LogP contribution in [0.15, 0.2) is 83.8 Å². The lowest BCUT2D eigenvalue weighted by molar-refractivity contribution is 0.174. The number of sulfonamides is 1. The van der Waals surface area contributed by atoms with Gasteiger partial charge in [-0.25, -0.2) is 18.1 Å². The van der Waals surface area contributed by atoms with Gasteiger partial charge in [0.1, 0.15) is 5.82 Å². The number of ether oxygens (including phenoxy) is 1. The molecule has 0 saturated carbocycles. The minimum absolute atomic E-state index is 0.254. The Morgan fingerprint density at radius 3 is 2.36 bits per heavy atom. The highest BCUT2D eigenvalue weighted by Crippen LogP contribution is 2.18. The third-order valence-corrected chi connectivity index (χ3v) is 7.25. The van der Waals surface area contributed by atoms with E-state index < -0.39 is 10.0 Å². The largest absolute Gasteiger partial charge is 0.383 e. The summed E-state index contributed by atoms with van der Waals surface area (Å²) in [6.45, 7) is 3.08. The Hall–Kier alpha value is -3.00. The van der Waals surface area contributed by atoms with Crippen molar-refractivity contribution in [2.24, 2.45) is 0 Å². The molecule has 0 fully saturated rings. The molecule has 1 heterocycles. The van der Waals surface area contributed by atoms with E-state index in [0.29, 0.717) is 13.0 Å². The Balaban J connectivity index is 1.43. The predicted octanol–water partition coefficient (Wildman–Crippen LogP) is 4.12. The van der Waals surface area contributed by atoms with Crippen LogP contribution in [0.3, 0.4) is 0 Å². The summed E-state index contributed by atoms with van der Waals surface area (Å²) in [5.74, 6) is 0.974. The van der Waals surface area contributed by atoms with Gasteiger partial charge < -0.3 is 9.30 Å². The molecule has 4 aromatic rings. The smallest absolute Gasteiger partial charge is 0.240 e. The van der Waals surface area contributed by atoms with E-state index in [1.54, 1.807) is 19.2 Å². The summed E-state index contributed by atoms with van der Waals surface area (Å²) in [4.78, 5) is 4.86. The van der Waals surface area contributed by atoms with E-state index in [1.165, 1.54) is 0 Å². The first-order valence-electron chi connectivity index (χ1n) is 11.0. The molecular weight excluding hydrogens is 434 g/mol. The first-order chi connectivity index (χ1) is 16.0. The summed E-state index contributed by atoms with van der Waals surface area (Å²) in [7, 11) is -2.08. The molecule has 0 aliphatic heterocycles. The number of hydrogen-bond donors (Lipinski definition) is 1. The molecule has 33 heavy (non-hydrogen) atoms. The third-order valence-electron chi connectivity index (χ3n) is 5.72. The van der Waals surface area contributed by atoms with Crippen LogP contribution in [0.25, 0.3) is 11.0 Å². The SMILES string of the molecule is COC[C@H](Cc1ccccc1)NS(=O)(=O)c1ccc(CCn2c(C)nc3ccccc32)cc1. The number of para-hydroxylation sites is 2. The van der Waals surface area contributed by atoms with Crippen LogP contribution in [0.5, 0.6) is 0 Å². The minimum Gasteiger partial charge on any atom is -0.383 e. The molecule has 1 N–H and O–H groups in total. The number of benzene rings is 3. The Morgan fingerprint density at radius 2 is 1.64 bits per heavy atom. The third kappa shape index (κ3) is 5.68. The Labute approximate surface area is 195 Å². The van der Waals surface area contributed by atoms with Crippen LogP contribution in [-0.2, 0) is 34.1 Å². The zero-order valence-corrected chi connectivity index (χ0v) is 19.8. The number of methoxy groups -OCH3 is 1. The first-order valence-corrected chi connectivity index (χ1v) is 12.5. The van der Waals surface area contributed by atoms with E-state index in [-0.39, 0.29) is 10.9 Å². The van der Waals surface area contributed by atoms with Gasteiger partial charge in [-0.3, -0.25) is 0 Å². The summed E-state index contributed by atoms with van der Waals surface area (Å²) < 4.78 is 36.2. The van der Waals surface area contributed by atoms with Gasteiger partial charge in [0, 0.05) is 19.7 Å². The van der Waals surface area contributed by atoms with Gasteiger partial charge in [0.2, 0.25) is 10.0 Å². The number of aryl methyl sites for hydroxylation is 3. The van der Waals surface area contributed by atoms with E-state index in [9.17, 15) is 8.42 Å². The van der Waals surface area contributed by atoms with E-state index in [4.69, 9.17) is 4.74 Å². The average molecular weight is 464 g/mol. The maximum atomic E-state index is 13.0. The predicted molar refractivity (Wildman–Crippen MR) is 131 cm³/mol. The zero-order valence-electron chi connectivity index (χ0n) is 18.9. The average Bonchev–Trinajstić information content (AvgIpc) is 3.13. The van der Waals surface area contributed by atoms with Crippen molar-refractivity contribution in [3.63, 3.8) is 0 Å². The van der Waals surface area contributed by atoms with Crippen molar-refractivity contribution in [1.82, 2.24) is 14.3 Å². The molecule has 0 aliphatic rings. The Kier molecular flexibility index (Phi) is 7.23. The topological polar surface area (TPSA) is 73.2 Å². The van der Waals surface area contributed by atoms with Crippen molar-refractivity contribution in [2.75, 3.05) is 13.7 Å². The van der Waals surface area contributed by atoms with Gasteiger partial charge in [0.05, 0.1) is 22.5 Å². The molecule has 7 heteroatoms. The van der Waals surface area contributed by atoms with Crippen molar-refractivity contribution in [2.45, 2.75) is 37.2 Å². The monoisotopic (exact) mass is 463 g/mol. The number of rotatable bonds is 10. The number of fused-ring (bicyclic) bond motifs is 1. The molecule has 0 spiro atoms. The molecule has 0 amide bonds. The lowest BCUT2D eigenvalue weighted by Gasteiger charge is -2.18. The number of imidazole rings is 1.